The molecular weight excluding hydrogens is 210 g/mol. The second-order valence-corrected chi connectivity index (χ2v) is 4.67. The fraction of sp³-hybridized carbons (Fsp3) is 0.467. The van der Waals surface area contributed by atoms with E-state index in [1.165, 1.54) is 5.56 Å². The fourth-order valence-electron chi connectivity index (χ4n) is 1.87. The van der Waals surface area contributed by atoms with Crippen LogP contribution in [0.4, 0.5) is 0 Å². The Balaban J connectivity index is 2.75. The largest absolute Gasteiger partial charge is 0.497 e. The Hall–Kier alpha value is -1.28. The zero-order valence-corrected chi connectivity index (χ0v) is 11.1. The van der Waals surface area contributed by atoms with Crippen LogP contribution in [0.5, 0.6) is 5.75 Å². The van der Waals surface area contributed by atoms with Crippen LogP contribution in [0.2, 0.25) is 0 Å². The predicted molar refractivity (Wildman–Crippen MR) is 73.5 cm³/mol. The van der Waals surface area contributed by atoms with Crippen LogP contribution < -0.4 is 10.1 Å². The summed E-state index contributed by atoms with van der Waals surface area (Å²) in [6.07, 6.45) is 3.01. The standard InChI is InChI=1S/C15H23NO/c1-5-15(3,12-16-6-2)11-13-8-7-9-14(10-13)17-4/h5,7-10,16H,1,6,11-12H2,2-4H3. The quantitative estimate of drug-likeness (QED) is 0.731. The van der Waals surface area contributed by atoms with Gasteiger partial charge in [-0.25, -0.2) is 0 Å². The van der Waals surface area contributed by atoms with Gasteiger partial charge >= 0.3 is 0 Å². The van der Waals surface area contributed by atoms with Crippen molar-refractivity contribution in [2.45, 2.75) is 20.3 Å². The summed E-state index contributed by atoms with van der Waals surface area (Å²) in [4.78, 5) is 0. The van der Waals surface area contributed by atoms with Crippen LogP contribution in [0.25, 0.3) is 0 Å². The number of rotatable bonds is 7. The SMILES string of the molecule is C=CC(C)(CNCC)Cc1cccc(OC)c1. The molecule has 0 amide bonds. The van der Waals surface area contributed by atoms with Gasteiger partial charge in [0.2, 0.25) is 0 Å². The van der Waals surface area contributed by atoms with Crippen molar-refractivity contribution in [1.82, 2.24) is 5.32 Å². The average Bonchev–Trinajstić information content (AvgIpc) is 2.36. The molecule has 94 valence electrons. The van der Waals surface area contributed by atoms with Crippen molar-refractivity contribution in [3.8, 4) is 5.75 Å². The van der Waals surface area contributed by atoms with E-state index in [1.807, 2.05) is 18.2 Å². The van der Waals surface area contributed by atoms with Crippen LogP contribution in [0, 0.1) is 5.41 Å². The second-order valence-electron chi connectivity index (χ2n) is 4.67. The smallest absolute Gasteiger partial charge is 0.119 e. The van der Waals surface area contributed by atoms with Gasteiger partial charge in [-0.15, -0.1) is 6.58 Å². The molecule has 0 fully saturated rings. The van der Waals surface area contributed by atoms with Gasteiger partial charge in [0, 0.05) is 12.0 Å². The summed E-state index contributed by atoms with van der Waals surface area (Å²) in [6.45, 7) is 10.2. The molecule has 1 rings (SSSR count). The number of nitrogens with one attached hydrogen (secondary N) is 1. The fourth-order valence-corrected chi connectivity index (χ4v) is 1.87. The maximum atomic E-state index is 5.24. The van der Waals surface area contributed by atoms with Gasteiger partial charge in [-0.1, -0.05) is 32.1 Å². The lowest BCUT2D eigenvalue weighted by atomic mass is 9.83. The number of hydrogen-bond donors (Lipinski definition) is 1. The summed E-state index contributed by atoms with van der Waals surface area (Å²) < 4.78 is 5.24. The molecule has 1 N–H and O–H groups in total. The first-order valence-corrected chi connectivity index (χ1v) is 6.11. The van der Waals surface area contributed by atoms with Crippen LogP contribution in [0.15, 0.2) is 36.9 Å². The third-order valence-electron chi connectivity index (χ3n) is 3.01. The minimum Gasteiger partial charge on any atom is -0.497 e. The maximum Gasteiger partial charge on any atom is 0.119 e. The van der Waals surface area contributed by atoms with Crippen molar-refractivity contribution in [3.63, 3.8) is 0 Å². The van der Waals surface area contributed by atoms with Crippen molar-refractivity contribution in [1.29, 1.82) is 0 Å². The van der Waals surface area contributed by atoms with Crippen LogP contribution >= 0.6 is 0 Å². The number of ether oxygens (including phenoxy) is 1. The van der Waals surface area contributed by atoms with Gasteiger partial charge in [0.25, 0.3) is 0 Å². The minimum absolute atomic E-state index is 0.0857. The van der Waals surface area contributed by atoms with E-state index in [0.717, 1.165) is 25.3 Å². The first kappa shape index (κ1) is 13.8. The molecule has 17 heavy (non-hydrogen) atoms. The number of benzene rings is 1. The van der Waals surface area contributed by atoms with Crippen molar-refractivity contribution >= 4 is 0 Å². The zero-order chi connectivity index (χ0) is 12.7. The van der Waals surface area contributed by atoms with Crippen molar-refractivity contribution in [3.05, 3.63) is 42.5 Å². The van der Waals surface area contributed by atoms with Gasteiger partial charge in [-0.3, -0.25) is 0 Å². The molecule has 1 aromatic rings. The van der Waals surface area contributed by atoms with E-state index in [1.54, 1.807) is 7.11 Å². The Kier molecular flexibility index (Phi) is 5.23. The molecule has 1 aromatic carbocycles. The topological polar surface area (TPSA) is 21.3 Å². The van der Waals surface area contributed by atoms with Crippen molar-refractivity contribution < 1.29 is 4.74 Å². The molecule has 0 saturated carbocycles. The Bertz CT molecular complexity index is 362. The molecule has 2 nitrogen and oxygen atoms in total. The first-order chi connectivity index (χ1) is 8.13. The third kappa shape index (κ3) is 4.23. The zero-order valence-electron chi connectivity index (χ0n) is 11.1. The molecule has 0 bridgehead atoms. The molecule has 1 unspecified atom stereocenters. The average molecular weight is 233 g/mol. The van der Waals surface area contributed by atoms with E-state index < -0.39 is 0 Å². The highest BCUT2D eigenvalue weighted by Gasteiger charge is 2.20. The Morgan fingerprint density at radius 3 is 2.82 bits per heavy atom. The lowest BCUT2D eigenvalue weighted by molar-refractivity contribution is 0.391. The summed E-state index contributed by atoms with van der Waals surface area (Å²) in [6, 6.07) is 8.23. The van der Waals surface area contributed by atoms with Crippen LogP contribution in [-0.4, -0.2) is 20.2 Å². The third-order valence-corrected chi connectivity index (χ3v) is 3.01. The molecule has 0 heterocycles. The molecular formula is C15H23NO. The normalized spacial score (nSPS) is 14.1. The molecule has 0 aromatic heterocycles. The lowest BCUT2D eigenvalue weighted by Crippen LogP contribution is -2.31. The highest BCUT2D eigenvalue weighted by molar-refractivity contribution is 5.29. The van der Waals surface area contributed by atoms with Gasteiger partial charge in [0.05, 0.1) is 7.11 Å². The minimum atomic E-state index is 0.0857. The Morgan fingerprint density at radius 2 is 2.24 bits per heavy atom. The van der Waals surface area contributed by atoms with Crippen molar-refractivity contribution in [2.24, 2.45) is 5.41 Å². The summed E-state index contributed by atoms with van der Waals surface area (Å²) >= 11 is 0. The van der Waals surface area contributed by atoms with Gasteiger partial charge in [0.1, 0.15) is 5.75 Å². The van der Waals surface area contributed by atoms with Crippen LogP contribution in [0.1, 0.15) is 19.4 Å². The molecule has 0 saturated heterocycles. The van der Waals surface area contributed by atoms with Gasteiger partial charge in [0.15, 0.2) is 0 Å². The van der Waals surface area contributed by atoms with E-state index in [-0.39, 0.29) is 5.41 Å². The molecule has 2 heteroatoms. The van der Waals surface area contributed by atoms with Crippen LogP contribution in [-0.2, 0) is 6.42 Å². The Morgan fingerprint density at radius 1 is 1.47 bits per heavy atom. The van der Waals surface area contributed by atoms with E-state index >= 15 is 0 Å². The van der Waals surface area contributed by atoms with Gasteiger partial charge in [-0.2, -0.15) is 0 Å². The highest BCUT2D eigenvalue weighted by Crippen LogP contribution is 2.25. The maximum absolute atomic E-state index is 5.24. The summed E-state index contributed by atoms with van der Waals surface area (Å²) in [5.74, 6) is 0.914. The number of hydrogen-bond acceptors (Lipinski definition) is 2. The van der Waals surface area contributed by atoms with Crippen molar-refractivity contribution in [2.75, 3.05) is 20.2 Å². The molecule has 0 aliphatic rings. The lowest BCUT2D eigenvalue weighted by Gasteiger charge is -2.26. The molecule has 0 aliphatic heterocycles. The summed E-state index contributed by atoms with van der Waals surface area (Å²) in [5.41, 5.74) is 1.37. The molecule has 1 atom stereocenters. The number of methoxy groups -OCH3 is 1. The van der Waals surface area contributed by atoms with E-state index in [2.05, 4.69) is 37.9 Å². The van der Waals surface area contributed by atoms with E-state index in [4.69, 9.17) is 4.74 Å². The Labute approximate surface area is 105 Å². The predicted octanol–water partition coefficient (Wildman–Crippen LogP) is 3.04. The summed E-state index contributed by atoms with van der Waals surface area (Å²) in [5, 5.41) is 3.39. The van der Waals surface area contributed by atoms with Crippen LogP contribution in [0.3, 0.4) is 0 Å². The summed E-state index contributed by atoms with van der Waals surface area (Å²) in [7, 11) is 1.70. The highest BCUT2D eigenvalue weighted by atomic mass is 16.5. The van der Waals surface area contributed by atoms with E-state index in [9.17, 15) is 0 Å². The molecule has 0 spiro atoms. The molecule has 0 radical (unpaired) electrons. The monoisotopic (exact) mass is 233 g/mol. The van der Waals surface area contributed by atoms with Gasteiger partial charge in [-0.05, 0) is 30.7 Å². The van der Waals surface area contributed by atoms with Gasteiger partial charge < -0.3 is 10.1 Å². The first-order valence-electron chi connectivity index (χ1n) is 6.11. The van der Waals surface area contributed by atoms with E-state index in [0.29, 0.717) is 0 Å². The molecule has 0 aliphatic carbocycles. The second kappa shape index (κ2) is 6.45.